The summed E-state index contributed by atoms with van der Waals surface area (Å²) in [7, 11) is 0. The topological polar surface area (TPSA) is 25.6 Å². The van der Waals surface area contributed by atoms with Crippen molar-refractivity contribution in [3.05, 3.63) is 221 Å². The molecule has 3 nitrogen and oxygen atoms in total. The standard InChI is InChI=1S/C58H37NO2S/c1-57(2)42-19-6-3-15-35(42)37-30-29-34(31-46(37)57)59(49-24-13-18-39-38-17-5-10-25-50(38)61-56(39)49)48-23-14-28-53-55(48)41-32-40-36-16-4-7-20-43(36)58(47(40)33-54(41)62-53)44-21-8-11-26-51(44)60-52-27-12-9-22-45(52)58/h3-33H,1-2H3. The van der Waals surface area contributed by atoms with Crippen molar-refractivity contribution in [1.82, 2.24) is 0 Å². The van der Waals surface area contributed by atoms with E-state index in [1.807, 2.05) is 11.3 Å². The van der Waals surface area contributed by atoms with Crippen LogP contribution < -0.4 is 9.64 Å². The average molecular weight is 812 g/mol. The second-order valence-electron chi connectivity index (χ2n) is 17.5. The summed E-state index contributed by atoms with van der Waals surface area (Å²) in [6.45, 7) is 4.72. The Labute approximate surface area is 362 Å². The Hall–Kier alpha value is -7.40. The van der Waals surface area contributed by atoms with Crippen LogP contribution in [0.3, 0.4) is 0 Å². The highest BCUT2D eigenvalue weighted by atomic mass is 32.1. The molecule has 4 heteroatoms. The lowest BCUT2D eigenvalue weighted by molar-refractivity contribution is 0.436. The normalized spacial score (nSPS) is 14.7. The van der Waals surface area contributed by atoms with Gasteiger partial charge < -0.3 is 14.1 Å². The number of furan rings is 1. The number of rotatable bonds is 3. The number of ether oxygens (including phenoxy) is 1. The summed E-state index contributed by atoms with van der Waals surface area (Å²) in [6.07, 6.45) is 0. The van der Waals surface area contributed by atoms with E-state index in [1.54, 1.807) is 0 Å². The van der Waals surface area contributed by atoms with Gasteiger partial charge in [0.05, 0.1) is 16.8 Å². The fourth-order valence-corrected chi connectivity index (χ4v) is 12.6. The summed E-state index contributed by atoms with van der Waals surface area (Å²) in [5.41, 5.74) is 17.1. The van der Waals surface area contributed by atoms with Crippen molar-refractivity contribution in [2.75, 3.05) is 4.90 Å². The van der Waals surface area contributed by atoms with Crippen LogP contribution in [0.1, 0.15) is 47.2 Å². The molecule has 3 heterocycles. The molecule has 14 rings (SSSR count). The largest absolute Gasteiger partial charge is 0.457 e. The van der Waals surface area contributed by atoms with Gasteiger partial charge in [-0.15, -0.1) is 11.3 Å². The Morgan fingerprint density at radius 1 is 0.435 bits per heavy atom. The van der Waals surface area contributed by atoms with E-state index < -0.39 is 5.41 Å². The average Bonchev–Trinajstić information content (AvgIpc) is 4.02. The van der Waals surface area contributed by atoms with Gasteiger partial charge in [-0.2, -0.15) is 0 Å². The summed E-state index contributed by atoms with van der Waals surface area (Å²) >= 11 is 1.88. The van der Waals surface area contributed by atoms with E-state index in [9.17, 15) is 0 Å². The van der Waals surface area contributed by atoms with Crippen LogP contribution in [0.25, 0.3) is 64.4 Å². The van der Waals surface area contributed by atoms with Crippen molar-refractivity contribution in [3.63, 3.8) is 0 Å². The van der Waals surface area contributed by atoms with Crippen LogP contribution >= 0.6 is 11.3 Å². The molecule has 11 aromatic rings. The van der Waals surface area contributed by atoms with Gasteiger partial charge in [0.2, 0.25) is 0 Å². The molecule has 0 saturated carbocycles. The van der Waals surface area contributed by atoms with Gasteiger partial charge in [0.1, 0.15) is 17.1 Å². The Balaban J connectivity index is 1.06. The van der Waals surface area contributed by atoms with E-state index in [1.165, 1.54) is 75.8 Å². The molecule has 0 bridgehead atoms. The molecule has 0 atom stereocenters. The van der Waals surface area contributed by atoms with Gasteiger partial charge in [-0.1, -0.05) is 141 Å². The predicted octanol–water partition coefficient (Wildman–Crippen LogP) is 16.2. The minimum absolute atomic E-state index is 0.161. The number of fused-ring (bicyclic) bond motifs is 18. The number of para-hydroxylation sites is 4. The molecule has 1 aliphatic heterocycles. The SMILES string of the molecule is CC1(C)c2ccccc2-c2ccc(N(c3cccc4c3oc3ccccc34)c3cccc4sc5cc6c(cc5c34)-c3ccccc3C63c4ccccc4Oc4ccccc43)cc21. The van der Waals surface area contributed by atoms with Crippen molar-refractivity contribution in [2.24, 2.45) is 0 Å². The van der Waals surface area contributed by atoms with Crippen molar-refractivity contribution in [2.45, 2.75) is 24.7 Å². The first-order valence-corrected chi connectivity index (χ1v) is 22.2. The molecule has 2 aromatic heterocycles. The van der Waals surface area contributed by atoms with Gasteiger partial charge >= 0.3 is 0 Å². The third kappa shape index (κ3) is 4.29. The van der Waals surface area contributed by atoms with Crippen LogP contribution in [0.2, 0.25) is 0 Å². The van der Waals surface area contributed by atoms with Crippen LogP contribution in [0.15, 0.2) is 192 Å². The highest BCUT2D eigenvalue weighted by molar-refractivity contribution is 7.26. The summed E-state index contributed by atoms with van der Waals surface area (Å²) < 4.78 is 16.0. The van der Waals surface area contributed by atoms with Gasteiger partial charge in [0.15, 0.2) is 5.58 Å². The minimum atomic E-state index is -0.525. The lowest BCUT2D eigenvalue weighted by Crippen LogP contribution is -2.32. The van der Waals surface area contributed by atoms with Crippen LogP contribution in [-0.2, 0) is 10.8 Å². The lowest BCUT2D eigenvalue weighted by atomic mass is 9.66. The number of thiophene rings is 1. The Morgan fingerprint density at radius 2 is 1.06 bits per heavy atom. The number of benzene rings is 9. The van der Waals surface area contributed by atoms with Gasteiger partial charge in [-0.25, -0.2) is 0 Å². The molecule has 9 aromatic carbocycles. The minimum Gasteiger partial charge on any atom is -0.457 e. The molecule has 0 fully saturated rings. The molecular formula is C58H37NO2S. The molecule has 2 aliphatic carbocycles. The first-order chi connectivity index (χ1) is 30.5. The smallest absolute Gasteiger partial charge is 0.159 e. The Morgan fingerprint density at radius 3 is 1.87 bits per heavy atom. The Bertz CT molecular complexity index is 3690. The number of hydrogen-bond acceptors (Lipinski definition) is 4. The second-order valence-corrected chi connectivity index (χ2v) is 18.6. The van der Waals surface area contributed by atoms with Crippen molar-refractivity contribution < 1.29 is 9.15 Å². The zero-order chi connectivity index (χ0) is 40.9. The van der Waals surface area contributed by atoms with E-state index in [0.717, 1.165) is 50.5 Å². The van der Waals surface area contributed by atoms with E-state index in [2.05, 4.69) is 207 Å². The Kier molecular flexibility index (Phi) is 6.71. The predicted molar refractivity (Wildman–Crippen MR) is 256 cm³/mol. The molecule has 292 valence electrons. The van der Waals surface area contributed by atoms with Crippen LogP contribution in [-0.4, -0.2) is 0 Å². The third-order valence-electron chi connectivity index (χ3n) is 14.1. The maximum atomic E-state index is 6.84. The molecule has 0 radical (unpaired) electrons. The maximum Gasteiger partial charge on any atom is 0.159 e. The summed E-state index contributed by atoms with van der Waals surface area (Å²) in [5.74, 6) is 1.81. The first kappa shape index (κ1) is 34.3. The van der Waals surface area contributed by atoms with E-state index >= 15 is 0 Å². The van der Waals surface area contributed by atoms with Gasteiger partial charge in [0.25, 0.3) is 0 Å². The van der Waals surface area contributed by atoms with Crippen molar-refractivity contribution in [3.8, 4) is 33.8 Å². The monoisotopic (exact) mass is 811 g/mol. The molecule has 0 N–H and O–H groups in total. The van der Waals surface area contributed by atoms with Gasteiger partial charge in [-0.3, -0.25) is 0 Å². The van der Waals surface area contributed by atoms with Crippen LogP contribution in [0.4, 0.5) is 17.1 Å². The number of nitrogens with zero attached hydrogens (tertiary/aromatic N) is 1. The molecule has 0 saturated heterocycles. The van der Waals surface area contributed by atoms with E-state index in [4.69, 9.17) is 9.15 Å². The lowest BCUT2D eigenvalue weighted by Gasteiger charge is -2.39. The van der Waals surface area contributed by atoms with Crippen LogP contribution in [0, 0.1) is 0 Å². The summed E-state index contributed by atoms with van der Waals surface area (Å²) in [5, 5.41) is 4.71. The molecule has 0 amide bonds. The molecule has 62 heavy (non-hydrogen) atoms. The van der Waals surface area contributed by atoms with Gasteiger partial charge in [-0.05, 0) is 105 Å². The quantitative estimate of drug-likeness (QED) is 0.178. The summed E-state index contributed by atoms with van der Waals surface area (Å²) in [4.78, 5) is 2.46. The van der Waals surface area contributed by atoms with Gasteiger partial charge in [0, 0.05) is 53.2 Å². The number of hydrogen-bond donors (Lipinski definition) is 0. The van der Waals surface area contributed by atoms with E-state index in [0.29, 0.717) is 0 Å². The van der Waals surface area contributed by atoms with Crippen molar-refractivity contribution >= 4 is 70.5 Å². The zero-order valence-electron chi connectivity index (χ0n) is 34.1. The summed E-state index contributed by atoms with van der Waals surface area (Å²) in [6, 6.07) is 69.0. The maximum absolute atomic E-state index is 6.84. The van der Waals surface area contributed by atoms with Crippen LogP contribution in [0.5, 0.6) is 11.5 Å². The molecule has 3 aliphatic rings. The molecule has 0 unspecified atom stereocenters. The highest BCUT2D eigenvalue weighted by Gasteiger charge is 2.51. The fraction of sp³-hybridized carbons (Fsp3) is 0.0690. The molecule has 1 spiro atoms. The number of anilines is 3. The molecular weight excluding hydrogens is 775 g/mol. The van der Waals surface area contributed by atoms with Crippen molar-refractivity contribution in [1.29, 1.82) is 0 Å². The fourth-order valence-electron chi connectivity index (χ4n) is 11.5. The third-order valence-corrected chi connectivity index (χ3v) is 15.2. The zero-order valence-corrected chi connectivity index (χ0v) is 34.9. The van der Waals surface area contributed by atoms with E-state index in [-0.39, 0.29) is 5.41 Å². The first-order valence-electron chi connectivity index (χ1n) is 21.4. The second kappa shape index (κ2) is 12.1. The highest BCUT2D eigenvalue weighted by Crippen LogP contribution is 2.63.